The Kier molecular flexibility index (Phi) is 3.50. The quantitative estimate of drug-likeness (QED) is 0.890. The van der Waals surface area contributed by atoms with Gasteiger partial charge in [0.25, 0.3) is 0 Å². The van der Waals surface area contributed by atoms with Gasteiger partial charge in [-0.05, 0) is 31.2 Å². The van der Waals surface area contributed by atoms with Crippen molar-refractivity contribution in [3.8, 4) is 0 Å². The van der Waals surface area contributed by atoms with Gasteiger partial charge in [0.1, 0.15) is 23.1 Å². The van der Waals surface area contributed by atoms with E-state index < -0.39 is 29.2 Å². The first kappa shape index (κ1) is 13.1. The highest BCUT2D eigenvalue weighted by molar-refractivity contribution is 5.88. The standard InChI is InChI=1S/C13H11F2NO3/c1-7(11-3-2-4-19-11)16-12-9(14)5-8(13(17)18)6-10(12)15/h2-7,16H,1H3,(H,17,18). The molecule has 1 aromatic carbocycles. The van der Waals surface area contributed by atoms with Crippen LogP contribution in [-0.2, 0) is 0 Å². The maximum absolute atomic E-state index is 13.7. The van der Waals surface area contributed by atoms with E-state index in [9.17, 15) is 13.6 Å². The van der Waals surface area contributed by atoms with Gasteiger partial charge < -0.3 is 14.8 Å². The van der Waals surface area contributed by atoms with Crippen LogP contribution in [0.5, 0.6) is 0 Å². The molecular weight excluding hydrogens is 256 g/mol. The lowest BCUT2D eigenvalue weighted by atomic mass is 10.1. The summed E-state index contributed by atoms with van der Waals surface area (Å²) in [4.78, 5) is 10.7. The van der Waals surface area contributed by atoms with Crippen molar-refractivity contribution in [2.24, 2.45) is 0 Å². The first-order valence-corrected chi connectivity index (χ1v) is 5.51. The number of hydrogen-bond acceptors (Lipinski definition) is 3. The van der Waals surface area contributed by atoms with Gasteiger partial charge in [0.05, 0.1) is 17.9 Å². The minimum Gasteiger partial charge on any atom is -0.478 e. The molecule has 6 heteroatoms. The highest BCUT2D eigenvalue weighted by Gasteiger charge is 2.17. The lowest BCUT2D eigenvalue weighted by Gasteiger charge is -2.14. The Morgan fingerprint density at radius 2 is 2.00 bits per heavy atom. The summed E-state index contributed by atoms with van der Waals surface area (Å²) in [7, 11) is 0. The smallest absolute Gasteiger partial charge is 0.335 e. The Labute approximate surface area is 107 Å². The number of aromatic carboxylic acids is 1. The number of carboxylic acids is 1. The molecule has 0 amide bonds. The fourth-order valence-corrected chi connectivity index (χ4v) is 1.66. The molecule has 0 saturated carbocycles. The molecule has 0 aliphatic carbocycles. The normalized spacial score (nSPS) is 12.2. The molecule has 0 aliphatic heterocycles. The van der Waals surface area contributed by atoms with Gasteiger partial charge in [-0.1, -0.05) is 0 Å². The Morgan fingerprint density at radius 3 is 2.47 bits per heavy atom. The molecule has 0 spiro atoms. The maximum Gasteiger partial charge on any atom is 0.335 e. The van der Waals surface area contributed by atoms with E-state index in [1.807, 2.05) is 0 Å². The van der Waals surface area contributed by atoms with Gasteiger partial charge in [-0.15, -0.1) is 0 Å². The van der Waals surface area contributed by atoms with E-state index >= 15 is 0 Å². The number of anilines is 1. The summed E-state index contributed by atoms with van der Waals surface area (Å²) in [6.07, 6.45) is 1.45. The molecule has 0 fully saturated rings. The van der Waals surface area contributed by atoms with E-state index in [0.717, 1.165) is 12.1 Å². The van der Waals surface area contributed by atoms with Crippen molar-refractivity contribution in [1.29, 1.82) is 0 Å². The van der Waals surface area contributed by atoms with E-state index in [-0.39, 0.29) is 5.69 Å². The highest BCUT2D eigenvalue weighted by Crippen LogP contribution is 2.26. The van der Waals surface area contributed by atoms with Crippen LogP contribution in [0.4, 0.5) is 14.5 Å². The van der Waals surface area contributed by atoms with Crippen LogP contribution in [0.25, 0.3) is 0 Å². The van der Waals surface area contributed by atoms with Gasteiger partial charge in [0, 0.05) is 0 Å². The molecule has 0 radical (unpaired) electrons. The molecule has 2 rings (SSSR count). The van der Waals surface area contributed by atoms with Crippen molar-refractivity contribution in [3.63, 3.8) is 0 Å². The first-order chi connectivity index (χ1) is 8.99. The number of benzene rings is 1. The molecule has 1 aromatic heterocycles. The average molecular weight is 267 g/mol. The lowest BCUT2D eigenvalue weighted by Crippen LogP contribution is -2.10. The number of carbonyl (C=O) groups is 1. The largest absolute Gasteiger partial charge is 0.478 e. The molecule has 19 heavy (non-hydrogen) atoms. The third-order valence-electron chi connectivity index (χ3n) is 2.62. The van der Waals surface area contributed by atoms with Gasteiger partial charge >= 0.3 is 5.97 Å². The summed E-state index contributed by atoms with van der Waals surface area (Å²) in [6.45, 7) is 1.67. The first-order valence-electron chi connectivity index (χ1n) is 5.51. The van der Waals surface area contributed by atoms with Crippen LogP contribution in [0.2, 0.25) is 0 Å². The number of rotatable bonds is 4. The zero-order valence-corrected chi connectivity index (χ0v) is 9.98. The Morgan fingerprint density at radius 1 is 1.37 bits per heavy atom. The molecule has 0 aliphatic rings. The molecule has 4 nitrogen and oxygen atoms in total. The number of carboxylic acid groups (broad SMARTS) is 1. The van der Waals surface area contributed by atoms with Crippen molar-refractivity contribution in [3.05, 3.63) is 53.5 Å². The summed E-state index contributed by atoms with van der Waals surface area (Å²) >= 11 is 0. The zero-order valence-electron chi connectivity index (χ0n) is 9.98. The van der Waals surface area contributed by atoms with Crippen LogP contribution in [0.3, 0.4) is 0 Å². The molecular formula is C13H11F2NO3. The van der Waals surface area contributed by atoms with Gasteiger partial charge in [0.15, 0.2) is 0 Å². The van der Waals surface area contributed by atoms with Gasteiger partial charge in [-0.25, -0.2) is 13.6 Å². The lowest BCUT2D eigenvalue weighted by molar-refractivity contribution is 0.0696. The van der Waals surface area contributed by atoms with Crippen LogP contribution < -0.4 is 5.32 Å². The fourth-order valence-electron chi connectivity index (χ4n) is 1.66. The van der Waals surface area contributed by atoms with Crippen molar-refractivity contribution >= 4 is 11.7 Å². The third-order valence-corrected chi connectivity index (χ3v) is 2.62. The van der Waals surface area contributed by atoms with E-state index in [4.69, 9.17) is 9.52 Å². The van der Waals surface area contributed by atoms with Crippen molar-refractivity contribution in [1.82, 2.24) is 0 Å². The van der Waals surface area contributed by atoms with Crippen LogP contribution >= 0.6 is 0 Å². The SMILES string of the molecule is CC(Nc1c(F)cc(C(=O)O)cc1F)c1ccco1. The second kappa shape index (κ2) is 5.09. The van der Waals surface area contributed by atoms with Gasteiger partial charge in [-0.2, -0.15) is 0 Å². The predicted octanol–water partition coefficient (Wildman–Crippen LogP) is 3.43. The summed E-state index contributed by atoms with van der Waals surface area (Å²) in [6, 6.07) is 4.41. The second-order valence-corrected chi connectivity index (χ2v) is 4.00. The number of nitrogens with one attached hydrogen (secondary N) is 1. The average Bonchev–Trinajstić information content (AvgIpc) is 2.86. The Bertz CT molecular complexity index is 573. The minimum atomic E-state index is -1.39. The summed E-state index contributed by atoms with van der Waals surface area (Å²) < 4.78 is 32.5. The van der Waals surface area contributed by atoms with Gasteiger partial charge in [-0.3, -0.25) is 0 Å². The van der Waals surface area contributed by atoms with Crippen molar-refractivity contribution < 1.29 is 23.1 Å². The summed E-state index contributed by atoms with van der Waals surface area (Å²) in [5, 5.41) is 11.3. The van der Waals surface area contributed by atoms with Crippen LogP contribution in [0.15, 0.2) is 34.9 Å². The summed E-state index contributed by atoms with van der Waals surface area (Å²) in [5.41, 5.74) is -0.819. The van der Waals surface area contributed by atoms with E-state index in [1.165, 1.54) is 6.26 Å². The van der Waals surface area contributed by atoms with Crippen LogP contribution in [0.1, 0.15) is 29.1 Å². The molecule has 1 unspecified atom stereocenters. The zero-order chi connectivity index (χ0) is 14.0. The van der Waals surface area contributed by atoms with Gasteiger partial charge in [0.2, 0.25) is 0 Å². The highest BCUT2D eigenvalue weighted by atomic mass is 19.1. The number of halogens is 2. The second-order valence-electron chi connectivity index (χ2n) is 4.00. The van der Waals surface area contributed by atoms with Crippen LogP contribution in [0, 0.1) is 11.6 Å². The van der Waals surface area contributed by atoms with Crippen molar-refractivity contribution in [2.45, 2.75) is 13.0 Å². The molecule has 0 saturated heterocycles. The van der Waals surface area contributed by atoms with E-state index in [1.54, 1.807) is 19.1 Å². The number of hydrogen-bond donors (Lipinski definition) is 2. The van der Waals surface area contributed by atoms with Crippen molar-refractivity contribution in [2.75, 3.05) is 5.32 Å². The topological polar surface area (TPSA) is 62.5 Å². The van der Waals surface area contributed by atoms with E-state index in [2.05, 4.69) is 5.32 Å². The monoisotopic (exact) mass is 267 g/mol. The molecule has 100 valence electrons. The molecule has 0 bridgehead atoms. The molecule has 1 heterocycles. The molecule has 2 aromatic rings. The molecule has 2 N–H and O–H groups in total. The van der Waals surface area contributed by atoms with E-state index in [0.29, 0.717) is 5.76 Å². The molecule has 1 atom stereocenters. The fraction of sp³-hybridized carbons (Fsp3) is 0.154. The Hall–Kier alpha value is -2.37. The minimum absolute atomic E-state index is 0.381. The Balaban J connectivity index is 2.28. The third kappa shape index (κ3) is 2.73. The van der Waals surface area contributed by atoms with Crippen LogP contribution in [-0.4, -0.2) is 11.1 Å². The predicted molar refractivity (Wildman–Crippen MR) is 64.1 cm³/mol. The summed E-state index contributed by atoms with van der Waals surface area (Å²) in [5.74, 6) is -2.80. The maximum atomic E-state index is 13.7. The number of furan rings is 1.